The summed E-state index contributed by atoms with van der Waals surface area (Å²) < 4.78 is 0.818. The summed E-state index contributed by atoms with van der Waals surface area (Å²) in [5, 5.41) is 17.5. The molecule has 14 heavy (non-hydrogen) atoms. The van der Waals surface area contributed by atoms with Crippen LogP contribution in [-0.2, 0) is 0 Å². The molecule has 0 spiro atoms. The molecule has 2 aromatic rings. The number of aromatic amines is 1. The van der Waals surface area contributed by atoms with Gasteiger partial charge < -0.3 is 10.8 Å². The van der Waals surface area contributed by atoms with Gasteiger partial charge in [0.2, 0.25) is 0 Å². The summed E-state index contributed by atoms with van der Waals surface area (Å²) in [4.78, 5) is 0. The van der Waals surface area contributed by atoms with Crippen molar-refractivity contribution in [3.8, 4) is 0 Å². The molecule has 4 nitrogen and oxygen atoms in total. The van der Waals surface area contributed by atoms with Gasteiger partial charge in [0.1, 0.15) is 4.60 Å². The van der Waals surface area contributed by atoms with Crippen molar-refractivity contribution in [1.29, 1.82) is 0 Å². The highest BCUT2D eigenvalue weighted by atomic mass is 79.9. The van der Waals surface area contributed by atoms with Gasteiger partial charge in [-0.15, -0.1) is 0 Å². The molecule has 0 saturated heterocycles. The maximum absolute atomic E-state index is 9.64. The van der Waals surface area contributed by atoms with E-state index < -0.39 is 6.10 Å². The van der Waals surface area contributed by atoms with Crippen LogP contribution >= 0.6 is 15.9 Å². The minimum atomic E-state index is -0.658. The summed E-state index contributed by atoms with van der Waals surface area (Å²) in [5.74, 6) is 0. The van der Waals surface area contributed by atoms with Crippen molar-refractivity contribution in [3.63, 3.8) is 0 Å². The summed E-state index contributed by atoms with van der Waals surface area (Å²) in [6.45, 7) is 0.198. The van der Waals surface area contributed by atoms with Crippen molar-refractivity contribution in [1.82, 2.24) is 10.2 Å². The molecule has 0 aliphatic heterocycles. The smallest absolute Gasteiger partial charge is 0.108 e. The van der Waals surface area contributed by atoms with Gasteiger partial charge in [0.25, 0.3) is 0 Å². The Bertz CT molecular complexity index is 454. The number of rotatable bonds is 2. The Hall–Kier alpha value is -0.910. The van der Waals surface area contributed by atoms with E-state index in [0.29, 0.717) is 0 Å². The van der Waals surface area contributed by atoms with Crippen LogP contribution in [0, 0.1) is 0 Å². The van der Waals surface area contributed by atoms with E-state index in [1.165, 1.54) is 0 Å². The zero-order valence-electron chi connectivity index (χ0n) is 7.37. The standard InChI is InChI=1S/C9H10BrN3O/c10-9-6-3-1-2-5(7(14)4-11)8(6)12-13-9/h1-3,7,14H,4,11H2,(H,12,13). The number of hydrogen-bond acceptors (Lipinski definition) is 3. The second-order valence-corrected chi connectivity index (χ2v) is 3.83. The fourth-order valence-electron chi connectivity index (χ4n) is 1.42. The lowest BCUT2D eigenvalue weighted by atomic mass is 10.1. The summed E-state index contributed by atoms with van der Waals surface area (Å²) in [6, 6.07) is 5.62. The maximum Gasteiger partial charge on any atom is 0.108 e. The lowest BCUT2D eigenvalue weighted by Gasteiger charge is -2.07. The monoisotopic (exact) mass is 255 g/mol. The summed E-state index contributed by atoms with van der Waals surface area (Å²) in [6.07, 6.45) is -0.658. The topological polar surface area (TPSA) is 74.9 Å². The third-order valence-electron chi connectivity index (χ3n) is 2.15. The number of benzene rings is 1. The molecule has 0 radical (unpaired) electrons. The molecule has 0 aliphatic rings. The van der Waals surface area contributed by atoms with E-state index in [2.05, 4.69) is 26.1 Å². The molecule has 4 N–H and O–H groups in total. The Balaban J connectivity index is 2.65. The normalized spacial score (nSPS) is 13.4. The first-order chi connectivity index (χ1) is 6.74. The van der Waals surface area contributed by atoms with Crippen LogP contribution in [0.1, 0.15) is 11.7 Å². The van der Waals surface area contributed by atoms with Crippen LogP contribution in [0.2, 0.25) is 0 Å². The predicted octanol–water partition coefficient (Wildman–Crippen LogP) is 1.32. The third kappa shape index (κ3) is 1.43. The number of H-pyrrole nitrogens is 1. The van der Waals surface area contributed by atoms with Gasteiger partial charge in [0.05, 0.1) is 11.6 Å². The fraction of sp³-hybridized carbons (Fsp3) is 0.222. The number of nitrogens with zero attached hydrogens (tertiary/aromatic N) is 1. The molecule has 0 fully saturated rings. The average molecular weight is 256 g/mol. The average Bonchev–Trinajstić information content (AvgIpc) is 2.59. The van der Waals surface area contributed by atoms with Crippen molar-refractivity contribution >= 4 is 26.8 Å². The summed E-state index contributed by atoms with van der Waals surface area (Å²) in [5.41, 5.74) is 6.92. The van der Waals surface area contributed by atoms with E-state index in [-0.39, 0.29) is 6.54 Å². The number of fused-ring (bicyclic) bond motifs is 1. The number of aliphatic hydroxyl groups excluding tert-OH is 1. The molecule has 1 unspecified atom stereocenters. The highest BCUT2D eigenvalue weighted by Crippen LogP contribution is 2.26. The quantitative estimate of drug-likeness (QED) is 0.758. The van der Waals surface area contributed by atoms with Gasteiger partial charge in [-0.2, -0.15) is 5.10 Å². The van der Waals surface area contributed by atoms with Gasteiger partial charge in [-0.3, -0.25) is 5.10 Å². The molecule has 5 heteroatoms. The maximum atomic E-state index is 9.64. The molecule has 1 aromatic carbocycles. The number of hydrogen-bond donors (Lipinski definition) is 3. The Kier molecular flexibility index (Phi) is 2.54. The zero-order chi connectivity index (χ0) is 10.1. The first-order valence-electron chi connectivity index (χ1n) is 4.24. The van der Waals surface area contributed by atoms with Crippen LogP contribution < -0.4 is 5.73 Å². The Morgan fingerprint density at radius 1 is 1.57 bits per heavy atom. The number of aliphatic hydroxyl groups is 1. The van der Waals surface area contributed by atoms with Crippen LogP contribution in [0.3, 0.4) is 0 Å². The van der Waals surface area contributed by atoms with E-state index >= 15 is 0 Å². The van der Waals surface area contributed by atoms with E-state index in [4.69, 9.17) is 5.73 Å². The third-order valence-corrected chi connectivity index (χ3v) is 2.76. The van der Waals surface area contributed by atoms with Gasteiger partial charge in [0.15, 0.2) is 0 Å². The number of aromatic nitrogens is 2. The van der Waals surface area contributed by atoms with E-state index in [1.807, 2.05) is 18.2 Å². The fourth-order valence-corrected chi connectivity index (χ4v) is 1.83. The minimum absolute atomic E-state index is 0.198. The second kappa shape index (κ2) is 3.68. The largest absolute Gasteiger partial charge is 0.387 e. The molecule has 74 valence electrons. The van der Waals surface area contributed by atoms with Crippen molar-refractivity contribution in [2.24, 2.45) is 5.73 Å². The highest BCUT2D eigenvalue weighted by molar-refractivity contribution is 9.10. The molecule has 0 aliphatic carbocycles. The van der Waals surface area contributed by atoms with Crippen LogP contribution in [0.4, 0.5) is 0 Å². The van der Waals surface area contributed by atoms with E-state index in [0.717, 1.165) is 21.1 Å². The number of nitrogens with two attached hydrogens (primary N) is 1. The van der Waals surface area contributed by atoms with Crippen molar-refractivity contribution in [2.45, 2.75) is 6.10 Å². The summed E-state index contributed by atoms with van der Waals surface area (Å²) >= 11 is 3.34. The van der Waals surface area contributed by atoms with E-state index in [1.54, 1.807) is 0 Å². The molecule has 0 amide bonds. The Labute approximate surface area is 89.2 Å². The Morgan fingerprint density at radius 3 is 3.07 bits per heavy atom. The van der Waals surface area contributed by atoms with Gasteiger partial charge >= 0.3 is 0 Å². The molecule has 0 saturated carbocycles. The highest BCUT2D eigenvalue weighted by Gasteiger charge is 2.12. The molecule has 1 atom stereocenters. The minimum Gasteiger partial charge on any atom is -0.387 e. The number of nitrogens with one attached hydrogen (secondary N) is 1. The predicted molar refractivity (Wildman–Crippen MR) is 57.8 cm³/mol. The molecular formula is C9H10BrN3O. The second-order valence-electron chi connectivity index (χ2n) is 3.03. The van der Waals surface area contributed by atoms with Crippen LogP contribution in [0.15, 0.2) is 22.8 Å². The lowest BCUT2D eigenvalue weighted by Crippen LogP contribution is -2.11. The Morgan fingerprint density at radius 2 is 2.36 bits per heavy atom. The first-order valence-corrected chi connectivity index (χ1v) is 5.04. The SMILES string of the molecule is NCC(O)c1cccc2c(Br)[nH]nc12. The van der Waals surface area contributed by atoms with Crippen LogP contribution in [-0.4, -0.2) is 21.8 Å². The van der Waals surface area contributed by atoms with Crippen molar-refractivity contribution < 1.29 is 5.11 Å². The number of para-hydroxylation sites is 1. The van der Waals surface area contributed by atoms with Gasteiger partial charge in [0, 0.05) is 17.5 Å². The number of halogens is 1. The zero-order valence-corrected chi connectivity index (χ0v) is 8.95. The molecule has 1 heterocycles. The van der Waals surface area contributed by atoms with Gasteiger partial charge in [-0.25, -0.2) is 0 Å². The molecule has 1 aromatic heterocycles. The van der Waals surface area contributed by atoms with Gasteiger partial charge in [-0.1, -0.05) is 18.2 Å². The van der Waals surface area contributed by atoms with Crippen molar-refractivity contribution in [2.75, 3.05) is 6.54 Å². The lowest BCUT2D eigenvalue weighted by molar-refractivity contribution is 0.188. The molecular weight excluding hydrogens is 246 g/mol. The summed E-state index contributed by atoms with van der Waals surface area (Å²) in [7, 11) is 0. The first kappa shape index (κ1) is 9.64. The van der Waals surface area contributed by atoms with E-state index in [9.17, 15) is 5.11 Å². The van der Waals surface area contributed by atoms with Crippen molar-refractivity contribution in [3.05, 3.63) is 28.4 Å². The molecule has 0 bridgehead atoms. The molecule has 2 rings (SSSR count). The van der Waals surface area contributed by atoms with Gasteiger partial charge in [-0.05, 0) is 15.9 Å². The van der Waals surface area contributed by atoms with Crippen LogP contribution in [0.25, 0.3) is 10.9 Å². The van der Waals surface area contributed by atoms with Crippen LogP contribution in [0.5, 0.6) is 0 Å².